The highest BCUT2D eigenvalue weighted by molar-refractivity contribution is 7.99. The molecule has 0 bridgehead atoms. The summed E-state index contributed by atoms with van der Waals surface area (Å²) in [6, 6.07) is 0.390. The van der Waals surface area contributed by atoms with Crippen LogP contribution in [0.3, 0.4) is 0 Å². The lowest BCUT2D eigenvalue weighted by Crippen LogP contribution is -2.27. The molecule has 0 radical (unpaired) electrons. The summed E-state index contributed by atoms with van der Waals surface area (Å²) >= 11 is 3.25. The number of thioether (sulfide) groups is 1. The Bertz CT molecular complexity index is 1020. The SMILES string of the molecule is Cc1nc2sc3c(c2c2nnc(SCC(=O)NC4CC4)n12)CC[C@H](C)C3. The van der Waals surface area contributed by atoms with E-state index < -0.39 is 0 Å². The molecule has 5 rings (SSSR count). The van der Waals surface area contributed by atoms with Crippen molar-refractivity contribution in [2.24, 2.45) is 5.92 Å². The van der Waals surface area contributed by atoms with Gasteiger partial charge in [0.25, 0.3) is 0 Å². The predicted octanol–water partition coefficient (Wildman–Crippen LogP) is 3.14. The van der Waals surface area contributed by atoms with E-state index in [9.17, 15) is 4.79 Å². The van der Waals surface area contributed by atoms with Crippen LogP contribution in [-0.2, 0) is 17.6 Å². The van der Waals surface area contributed by atoms with Gasteiger partial charge in [-0.2, -0.15) is 0 Å². The topological polar surface area (TPSA) is 72.2 Å². The Morgan fingerprint density at radius 2 is 2.19 bits per heavy atom. The van der Waals surface area contributed by atoms with Gasteiger partial charge in [0.1, 0.15) is 10.7 Å². The van der Waals surface area contributed by atoms with Crippen LogP contribution in [0.4, 0.5) is 0 Å². The largest absolute Gasteiger partial charge is 0.353 e. The number of carbonyl (C=O) groups excluding carboxylic acids is 1. The number of amides is 1. The van der Waals surface area contributed by atoms with Gasteiger partial charge >= 0.3 is 0 Å². The number of aryl methyl sites for hydroxylation is 2. The van der Waals surface area contributed by atoms with Crippen LogP contribution in [0.15, 0.2) is 5.16 Å². The third-order valence-electron chi connectivity index (χ3n) is 5.21. The van der Waals surface area contributed by atoms with E-state index in [1.165, 1.54) is 34.0 Å². The van der Waals surface area contributed by atoms with Gasteiger partial charge in [-0.25, -0.2) is 4.98 Å². The van der Waals surface area contributed by atoms with Gasteiger partial charge in [-0.05, 0) is 50.5 Å². The molecule has 1 atom stereocenters. The lowest BCUT2D eigenvalue weighted by molar-refractivity contribution is -0.118. The molecule has 3 aromatic heterocycles. The summed E-state index contributed by atoms with van der Waals surface area (Å²) in [4.78, 5) is 19.4. The monoisotopic (exact) mass is 387 g/mol. The Morgan fingerprint density at radius 3 is 3.00 bits per heavy atom. The Hall–Kier alpha value is -1.67. The first-order valence-electron chi connectivity index (χ1n) is 9.18. The van der Waals surface area contributed by atoms with E-state index in [1.54, 1.807) is 0 Å². The van der Waals surface area contributed by atoms with Crippen molar-refractivity contribution in [3.63, 3.8) is 0 Å². The first kappa shape index (κ1) is 16.5. The summed E-state index contributed by atoms with van der Waals surface area (Å²) in [6.07, 6.45) is 5.66. The molecular formula is C18H21N5OS2. The summed E-state index contributed by atoms with van der Waals surface area (Å²) < 4.78 is 2.02. The third kappa shape index (κ3) is 2.79. The van der Waals surface area contributed by atoms with Crippen LogP contribution in [0.5, 0.6) is 0 Å². The minimum atomic E-state index is 0.0721. The fourth-order valence-electron chi connectivity index (χ4n) is 3.69. The molecule has 0 unspecified atom stereocenters. The Kier molecular flexibility index (Phi) is 3.93. The van der Waals surface area contributed by atoms with Crippen LogP contribution in [-0.4, -0.2) is 37.3 Å². The highest BCUT2D eigenvalue weighted by atomic mass is 32.2. The second-order valence-electron chi connectivity index (χ2n) is 7.46. The summed E-state index contributed by atoms with van der Waals surface area (Å²) in [5, 5.41) is 13.8. The van der Waals surface area contributed by atoms with E-state index >= 15 is 0 Å². The molecular weight excluding hydrogens is 366 g/mol. The highest BCUT2D eigenvalue weighted by Crippen LogP contribution is 2.39. The van der Waals surface area contributed by atoms with Crippen molar-refractivity contribution in [3.8, 4) is 0 Å². The maximum absolute atomic E-state index is 12.0. The van der Waals surface area contributed by atoms with Crippen molar-refractivity contribution >= 4 is 44.9 Å². The molecule has 1 N–H and O–H groups in total. The standard InChI is InChI=1S/C18H21N5OS2/c1-9-3-6-12-13(7-9)26-17-15(12)16-21-22-18(23(16)10(2)19-17)25-8-14(24)20-11-4-5-11/h9,11H,3-8H2,1-2H3,(H,20,24)/t9-/m0/s1. The zero-order valence-corrected chi connectivity index (χ0v) is 16.5. The van der Waals surface area contributed by atoms with Crippen molar-refractivity contribution in [2.45, 2.75) is 57.1 Å². The number of aromatic nitrogens is 4. The minimum absolute atomic E-state index is 0.0721. The van der Waals surface area contributed by atoms with Crippen molar-refractivity contribution in [2.75, 3.05) is 5.75 Å². The molecule has 3 aromatic rings. The highest BCUT2D eigenvalue weighted by Gasteiger charge is 2.26. The quantitative estimate of drug-likeness (QED) is 0.696. The van der Waals surface area contributed by atoms with Crippen LogP contribution in [0.2, 0.25) is 0 Å². The summed E-state index contributed by atoms with van der Waals surface area (Å²) in [6.45, 7) is 4.31. The molecule has 0 spiro atoms. The zero-order chi connectivity index (χ0) is 17.8. The molecule has 26 heavy (non-hydrogen) atoms. The smallest absolute Gasteiger partial charge is 0.230 e. The molecule has 0 aliphatic heterocycles. The van der Waals surface area contributed by atoms with Crippen LogP contribution >= 0.6 is 23.1 Å². The number of fused-ring (bicyclic) bond motifs is 5. The van der Waals surface area contributed by atoms with Crippen LogP contribution in [0, 0.1) is 12.8 Å². The molecule has 1 fully saturated rings. The third-order valence-corrected chi connectivity index (χ3v) is 7.29. The first-order chi connectivity index (χ1) is 12.6. The first-order valence-corrected chi connectivity index (χ1v) is 11.0. The van der Waals surface area contributed by atoms with Crippen molar-refractivity contribution in [1.82, 2.24) is 24.9 Å². The average molecular weight is 388 g/mol. The normalized spacial score (nSPS) is 19.8. The second-order valence-corrected chi connectivity index (χ2v) is 9.49. The summed E-state index contributed by atoms with van der Waals surface area (Å²) in [7, 11) is 0. The molecule has 0 saturated heterocycles. The molecule has 2 aliphatic rings. The van der Waals surface area contributed by atoms with Crippen molar-refractivity contribution in [1.29, 1.82) is 0 Å². The van der Waals surface area contributed by atoms with Gasteiger partial charge in [-0.15, -0.1) is 21.5 Å². The van der Waals surface area contributed by atoms with E-state index in [1.807, 2.05) is 22.7 Å². The Labute approximate surface area is 159 Å². The molecule has 2 aliphatic carbocycles. The second kappa shape index (κ2) is 6.20. The maximum atomic E-state index is 12.0. The van der Waals surface area contributed by atoms with E-state index in [-0.39, 0.29) is 5.91 Å². The number of nitrogens with zero attached hydrogens (tertiary/aromatic N) is 4. The van der Waals surface area contributed by atoms with Gasteiger partial charge in [0, 0.05) is 10.9 Å². The van der Waals surface area contributed by atoms with E-state index in [2.05, 4.69) is 22.4 Å². The van der Waals surface area contributed by atoms with Gasteiger partial charge in [0.15, 0.2) is 10.8 Å². The number of nitrogens with one attached hydrogen (secondary N) is 1. The Morgan fingerprint density at radius 1 is 1.35 bits per heavy atom. The van der Waals surface area contributed by atoms with Crippen molar-refractivity contribution < 1.29 is 4.79 Å². The maximum Gasteiger partial charge on any atom is 0.230 e. The summed E-state index contributed by atoms with van der Waals surface area (Å²) in [5.74, 6) is 2.06. The molecule has 3 heterocycles. The van der Waals surface area contributed by atoms with Gasteiger partial charge in [0.05, 0.1) is 11.1 Å². The van der Waals surface area contributed by atoms with E-state index in [4.69, 9.17) is 4.98 Å². The molecule has 6 nitrogen and oxygen atoms in total. The lowest BCUT2D eigenvalue weighted by atomic mass is 9.89. The number of hydrogen-bond donors (Lipinski definition) is 1. The average Bonchev–Trinajstić information content (AvgIpc) is 3.18. The number of rotatable bonds is 4. The van der Waals surface area contributed by atoms with Crippen LogP contribution < -0.4 is 5.32 Å². The number of hydrogen-bond acceptors (Lipinski definition) is 6. The molecule has 1 amide bonds. The fraction of sp³-hybridized carbons (Fsp3) is 0.556. The number of thiophene rings is 1. The molecule has 8 heteroatoms. The molecule has 136 valence electrons. The van der Waals surface area contributed by atoms with Gasteiger partial charge in [-0.3, -0.25) is 9.20 Å². The minimum Gasteiger partial charge on any atom is -0.353 e. The molecule has 0 aromatic carbocycles. The van der Waals surface area contributed by atoms with Crippen LogP contribution in [0.25, 0.3) is 15.9 Å². The van der Waals surface area contributed by atoms with Crippen LogP contribution in [0.1, 0.15) is 42.5 Å². The van der Waals surface area contributed by atoms with Gasteiger partial charge in [0.2, 0.25) is 5.91 Å². The predicted molar refractivity (Wildman–Crippen MR) is 104 cm³/mol. The van der Waals surface area contributed by atoms with E-state index in [0.29, 0.717) is 11.8 Å². The summed E-state index contributed by atoms with van der Waals surface area (Å²) in [5.41, 5.74) is 2.31. The van der Waals surface area contributed by atoms with E-state index in [0.717, 1.165) is 53.1 Å². The lowest BCUT2D eigenvalue weighted by Gasteiger charge is -2.17. The van der Waals surface area contributed by atoms with Crippen molar-refractivity contribution in [3.05, 3.63) is 16.3 Å². The Balaban J connectivity index is 1.53. The zero-order valence-electron chi connectivity index (χ0n) is 14.9. The molecule has 1 saturated carbocycles. The van der Waals surface area contributed by atoms with Gasteiger partial charge in [-0.1, -0.05) is 18.7 Å². The fourth-order valence-corrected chi connectivity index (χ4v) is 5.90. The van der Waals surface area contributed by atoms with Gasteiger partial charge < -0.3 is 5.32 Å². The number of carbonyl (C=O) groups is 1.